The van der Waals surface area contributed by atoms with Gasteiger partial charge in [-0.25, -0.2) is 4.98 Å². The molecule has 1 rings (SSSR count). The Bertz CT molecular complexity index is 498. The summed E-state index contributed by atoms with van der Waals surface area (Å²) in [6.45, 7) is 5.12. The molecule has 0 aliphatic heterocycles. The number of halogens is 4. The minimum absolute atomic E-state index is 0. The van der Waals surface area contributed by atoms with Crippen molar-refractivity contribution in [3.05, 3.63) is 23.9 Å². The molecule has 23 heavy (non-hydrogen) atoms. The van der Waals surface area contributed by atoms with Crippen molar-refractivity contribution in [2.45, 2.75) is 39.0 Å². The topological polar surface area (TPSA) is 58.5 Å². The molecular formula is C14H22F3IN4O. The fourth-order valence-electron chi connectivity index (χ4n) is 1.48. The standard InChI is InChI=1S/C14H21F3N4O.HI/c1-13(2,3)21-12(18-4)20-8-10-5-6-11(19-7-10)22-9-14(15,16)17;/h5-7H,8-9H2,1-4H3,(H2,18,20,21);1H. The molecule has 0 spiro atoms. The van der Waals surface area contributed by atoms with Gasteiger partial charge in [0, 0.05) is 31.4 Å². The predicted octanol–water partition coefficient (Wildman–Crippen LogP) is 3.10. The maximum absolute atomic E-state index is 12.0. The smallest absolute Gasteiger partial charge is 0.422 e. The molecule has 5 nitrogen and oxygen atoms in total. The second kappa shape index (κ2) is 9.14. The van der Waals surface area contributed by atoms with Gasteiger partial charge >= 0.3 is 6.18 Å². The van der Waals surface area contributed by atoms with Crippen LogP contribution < -0.4 is 15.4 Å². The summed E-state index contributed by atoms with van der Waals surface area (Å²) in [5, 5.41) is 6.29. The Labute approximate surface area is 151 Å². The van der Waals surface area contributed by atoms with Crippen LogP contribution in [0.25, 0.3) is 0 Å². The van der Waals surface area contributed by atoms with Crippen molar-refractivity contribution in [2.24, 2.45) is 4.99 Å². The van der Waals surface area contributed by atoms with Gasteiger partial charge in [-0.05, 0) is 26.3 Å². The highest BCUT2D eigenvalue weighted by molar-refractivity contribution is 14.0. The lowest BCUT2D eigenvalue weighted by atomic mass is 10.1. The summed E-state index contributed by atoms with van der Waals surface area (Å²) in [6, 6.07) is 3.05. The van der Waals surface area contributed by atoms with Gasteiger partial charge in [-0.3, -0.25) is 4.99 Å². The second-order valence-corrected chi connectivity index (χ2v) is 5.71. The lowest BCUT2D eigenvalue weighted by Gasteiger charge is -2.23. The Kier molecular flexibility index (Phi) is 8.64. The molecule has 9 heteroatoms. The highest BCUT2D eigenvalue weighted by atomic mass is 127. The van der Waals surface area contributed by atoms with Gasteiger partial charge in [0.1, 0.15) is 0 Å². The summed E-state index contributed by atoms with van der Waals surface area (Å²) < 4.78 is 40.6. The molecule has 0 radical (unpaired) electrons. The highest BCUT2D eigenvalue weighted by Gasteiger charge is 2.28. The molecule has 0 atom stereocenters. The highest BCUT2D eigenvalue weighted by Crippen LogP contribution is 2.16. The van der Waals surface area contributed by atoms with Crippen LogP contribution in [0.5, 0.6) is 5.88 Å². The summed E-state index contributed by atoms with van der Waals surface area (Å²) >= 11 is 0. The number of hydrogen-bond donors (Lipinski definition) is 2. The van der Waals surface area contributed by atoms with Crippen molar-refractivity contribution < 1.29 is 17.9 Å². The first kappa shape index (κ1) is 21.7. The minimum atomic E-state index is -4.37. The Morgan fingerprint density at radius 1 is 1.26 bits per heavy atom. The molecule has 1 aromatic heterocycles. The third-order valence-corrected chi connectivity index (χ3v) is 2.36. The van der Waals surface area contributed by atoms with Crippen LogP contribution in [-0.2, 0) is 6.54 Å². The molecule has 1 heterocycles. The molecule has 0 saturated heterocycles. The van der Waals surface area contributed by atoms with Gasteiger partial charge in [0.2, 0.25) is 5.88 Å². The van der Waals surface area contributed by atoms with E-state index in [4.69, 9.17) is 0 Å². The van der Waals surface area contributed by atoms with E-state index in [0.717, 1.165) is 5.56 Å². The predicted molar refractivity (Wildman–Crippen MR) is 94.3 cm³/mol. The first-order valence-corrected chi connectivity index (χ1v) is 6.72. The van der Waals surface area contributed by atoms with E-state index in [1.807, 2.05) is 20.8 Å². The van der Waals surface area contributed by atoms with Crippen LogP contribution in [0.2, 0.25) is 0 Å². The number of guanidine groups is 1. The van der Waals surface area contributed by atoms with Crippen molar-refractivity contribution >= 4 is 29.9 Å². The molecule has 1 aromatic rings. The lowest BCUT2D eigenvalue weighted by molar-refractivity contribution is -0.154. The van der Waals surface area contributed by atoms with Crippen LogP contribution in [0, 0.1) is 0 Å². The molecule has 0 aliphatic carbocycles. The maximum atomic E-state index is 12.0. The van der Waals surface area contributed by atoms with Gasteiger partial charge in [-0.1, -0.05) is 6.07 Å². The number of alkyl halides is 3. The Hall–Kier alpha value is -1.26. The van der Waals surface area contributed by atoms with E-state index < -0.39 is 12.8 Å². The van der Waals surface area contributed by atoms with Gasteiger partial charge in [0.15, 0.2) is 12.6 Å². The monoisotopic (exact) mass is 446 g/mol. The van der Waals surface area contributed by atoms with Crippen molar-refractivity contribution in [3.63, 3.8) is 0 Å². The molecule has 0 aromatic carbocycles. The van der Waals surface area contributed by atoms with Crippen LogP contribution in [0.15, 0.2) is 23.3 Å². The zero-order valence-electron chi connectivity index (χ0n) is 13.5. The van der Waals surface area contributed by atoms with Crippen LogP contribution in [-0.4, -0.2) is 36.3 Å². The second-order valence-electron chi connectivity index (χ2n) is 5.71. The van der Waals surface area contributed by atoms with E-state index in [0.29, 0.717) is 12.5 Å². The fourth-order valence-corrected chi connectivity index (χ4v) is 1.48. The van der Waals surface area contributed by atoms with Gasteiger partial charge in [0.05, 0.1) is 0 Å². The number of nitrogens with one attached hydrogen (secondary N) is 2. The van der Waals surface area contributed by atoms with E-state index in [2.05, 4.69) is 25.3 Å². The molecule has 0 saturated carbocycles. The Morgan fingerprint density at radius 3 is 2.35 bits per heavy atom. The van der Waals surface area contributed by atoms with E-state index in [-0.39, 0.29) is 35.4 Å². The lowest BCUT2D eigenvalue weighted by Crippen LogP contribution is -2.47. The zero-order valence-corrected chi connectivity index (χ0v) is 15.8. The molecule has 132 valence electrons. The summed E-state index contributed by atoms with van der Waals surface area (Å²) in [6.07, 6.45) is -2.91. The number of nitrogens with zero attached hydrogens (tertiary/aromatic N) is 2. The van der Waals surface area contributed by atoms with Crippen molar-refractivity contribution in [3.8, 4) is 5.88 Å². The largest absolute Gasteiger partial charge is 0.468 e. The van der Waals surface area contributed by atoms with E-state index in [1.165, 1.54) is 12.3 Å². The quantitative estimate of drug-likeness (QED) is 0.424. The van der Waals surface area contributed by atoms with Crippen LogP contribution in [0.1, 0.15) is 26.3 Å². The van der Waals surface area contributed by atoms with Crippen molar-refractivity contribution in [2.75, 3.05) is 13.7 Å². The molecule has 0 aliphatic rings. The number of ether oxygens (including phenoxy) is 1. The molecule has 2 N–H and O–H groups in total. The average molecular weight is 446 g/mol. The Morgan fingerprint density at radius 2 is 1.91 bits per heavy atom. The number of aromatic nitrogens is 1. The zero-order chi connectivity index (χ0) is 16.8. The normalized spacial score (nSPS) is 12.4. The van der Waals surface area contributed by atoms with Gasteiger partial charge < -0.3 is 15.4 Å². The number of rotatable bonds is 4. The van der Waals surface area contributed by atoms with Crippen LogP contribution in [0.4, 0.5) is 13.2 Å². The third kappa shape index (κ3) is 10.2. The van der Waals surface area contributed by atoms with Crippen molar-refractivity contribution in [1.82, 2.24) is 15.6 Å². The minimum Gasteiger partial charge on any atom is -0.468 e. The summed E-state index contributed by atoms with van der Waals surface area (Å²) in [5.41, 5.74) is 0.672. The molecular weight excluding hydrogens is 424 g/mol. The van der Waals surface area contributed by atoms with Gasteiger partial charge in [0.25, 0.3) is 0 Å². The first-order chi connectivity index (χ1) is 10.1. The Balaban J connectivity index is 0.00000484. The van der Waals surface area contributed by atoms with E-state index >= 15 is 0 Å². The third-order valence-electron chi connectivity index (χ3n) is 2.36. The average Bonchev–Trinajstić information content (AvgIpc) is 2.40. The number of hydrogen-bond acceptors (Lipinski definition) is 3. The number of aliphatic imine (C=N–C) groups is 1. The molecule has 0 unspecified atom stereocenters. The SMILES string of the molecule is CN=C(NCc1ccc(OCC(F)(F)F)nc1)NC(C)(C)C.I. The first-order valence-electron chi connectivity index (χ1n) is 6.72. The molecule has 0 bridgehead atoms. The van der Waals surface area contributed by atoms with Gasteiger partial charge in [-0.15, -0.1) is 24.0 Å². The van der Waals surface area contributed by atoms with E-state index in [1.54, 1.807) is 13.1 Å². The number of pyridine rings is 1. The summed E-state index contributed by atoms with van der Waals surface area (Å²) in [4.78, 5) is 7.92. The van der Waals surface area contributed by atoms with E-state index in [9.17, 15) is 13.2 Å². The molecule has 0 amide bonds. The molecule has 0 fully saturated rings. The summed E-state index contributed by atoms with van der Waals surface area (Å²) in [7, 11) is 1.66. The summed E-state index contributed by atoms with van der Waals surface area (Å²) in [5.74, 6) is 0.572. The maximum Gasteiger partial charge on any atom is 0.422 e. The van der Waals surface area contributed by atoms with Crippen molar-refractivity contribution in [1.29, 1.82) is 0 Å². The fraction of sp³-hybridized carbons (Fsp3) is 0.571. The van der Waals surface area contributed by atoms with Crippen LogP contribution in [0.3, 0.4) is 0 Å². The van der Waals surface area contributed by atoms with Gasteiger partial charge in [-0.2, -0.15) is 13.2 Å². The van der Waals surface area contributed by atoms with Crippen LogP contribution >= 0.6 is 24.0 Å².